The van der Waals surface area contributed by atoms with E-state index in [9.17, 15) is 9.18 Å². The SMILES string of the molecule is CN(Cc1ccccc1F)C(=O)CSc1nc(C2CC2)n(-c2ccccc2)n1. The van der Waals surface area contributed by atoms with Crippen LogP contribution in [0.25, 0.3) is 5.69 Å². The molecule has 1 heterocycles. The van der Waals surface area contributed by atoms with E-state index in [1.54, 1.807) is 25.2 Å². The number of hydrogen-bond acceptors (Lipinski definition) is 4. The number of rotatable bonds is 7. The molecule has 144 valence electrons. The first-order valence-corrected chi connectivity index (χ1v) is 10.2. The number of thioether (sulfide) groups is 1. The van der Waals surface area contributed by atoms with Crippen LogP contribution in [0.15, 0.2) is 59.8 Å². The molecule has 1 aliphatic carbocycles. The molecule has 0 bridgehead atoms. The number of para-hydroxylation sites is 1. The molecule has 1 amide bonds. The summed E-state index contributed by atoms with van der Waals surface area (Å²) in [7, 11) is 1.68. The highest BCUT2D eigenvalue weighted by Crippen LogP contribution is 2.40. The van der Waals surface area contributed by atoms with E-state index in [2.05, 4.69) is 10.1 Å². The summed E-state index contributed by atoms with van der Waals surface area (Å²) in [6, 6.07) is 16.4. The molecule has 1 fully saturated rings. The van der Waals surface area contributed by atoms with E-state index in [-0.39, 0.29) is 24.0 Å². The van der Waals surface area contributed by atoms with Gasteiger partial charge in [0, 0.05) is 25.1 Å². The van der Waals surface area contributed by atoms with Gasteiger partial charge in [0.15, 0.2) is 0 Å². The maximum absolute atomic E-state index is 13.8. The Morgan fingerprint density at radius 1 is 1.18 bits per heavy atom. The van der Waals surface area contributed by atoms with Gasteiger partial charge in [-0.05, 0) is 31.0 Å². The third-order valence-electron chi connectivity index (χ3n) is 4.67. The highest BCUT2D eigenvalue weighted by atomic mass is 32.2. The minimum absolute atomic E-state index is 0.0858. The Morgan fingerprint density at radius 2 is 1.89 bits per heavy atom. The summed E-state index contributed by atoms with van der Waals surface area (Å²) in [6.07, 6.45) is 2.25. The second-order valence-electron chi connectivity index (χ2n) is 6.90. The molecule has 1 aliphatic rings. The van der Waals surface area contributed by atoms with E-state index < -0.39 is 0 Å². The normalized spacial score (nSPS) is 13.5. The van der Waals surface area contributed by atoms with Crippen LogP contribution in [0.1, 0.15) is 30.1 Å². The van der Waals surface area contributed by atoms with Gasteiger partial charge in [-0.25, -0.2) is 14.1 Å². The van der Waals surface area contributed by atoms with Crippen molar-refractivity contribution in [2.24, 2.45) is 0 Å². The molecule has 4 rings (SSSR count). The predicted octanol–water partition coefficient (Wildman–Crippen LogP) is 4.03. The minimum Gasteiger partial charge on any atom is -0.341 e. The van der Waals surface area contributed by atoms with Crippen molar-refractivity contribution in [3.8, 4) is 5.69 Å². The molecule has 0 aliphatic heterocycles. The number of carbonyl (C=O) groups excluding carboxylic acids is 1. The molecule has 1 aromatic heterocycles. The summed E-state index contributed by atoms with van der Waals surface area (Å²) >= 11 is 1.32. The van der Waals surface area contributed by atoms with Crippen molar-refractivity contribution >= 4 is 17.7 Å². The summed E-state index contributed by atoms with van der Waals surface area (Å²) in [5.41, 5.74) is 1.48. The third kappa shape index (κ3) is 4.25. The summed E-state index contributed by atoms with van der Waals surface area (Å²) < 4.78 is 15.7. The molecule has 0 atom stereocenters. The first-order valence-electron chi connectivity index (χ1n) is 9.24. The molecule has 28 heavy (non-hydrogen) atoms. The Hall–Kier alpha value is -2.67. The van der Waals surface area contributed by atoms with Crippen molar-refractivity contribution in [2.45, 2.75) is 30.5 Å². The Labute approximate surface area is 167 Å². The van der Waals surface area contributed by atoms with Crippen molar-refractivity contribution in [1.82, 2.24) is 19.7 Å². The van der Waals surface area contributed by atoms with Gasteiger partial charge in [0.2, 0.25) is 11.1 Å². The molecule has 0 saturated heterocycles. The number of amides is 1. The summed E-state index contributed by atoms with van der Waals surface area (Å²) in [5.74, 6) is 1.24. The smallest absolute Gasteiger partial charge is 0.233 e. The van der Waals surface area contributed by atoms with E-state index in [1.807, 2.05) is 35.0 Å². The molecule has 2 aromatic carbocycles. The Morgan fingerprint density at radius 3 is 2.61 bits per heavy atom. The largest absolute Gasteiger partial charge is 0.341 e. The second-order valence-corrected chi connectivity index (χ2v) is 7.85. The lowest BCUT2D eigenvalue weighted by Gasteiger charge is -2.17. The van der Waals surface area contributed by atoms with Crippen LogP contribution in [-0.4, -0.2) is 38.4 Å². The molecule has 0 spiro atoms. The first kappa shape index (κ1) is 18.7. The lowest BCUT2D eigenvalue weighted by atomic mass is 10.2. The molecule has 0 unspecified atom stereocenters. The molecular formula is C21H21FN4OS. The topological polar surface area (TPSA) is 51.0 Å². The van der Waals surface area contributed by atoms with Crippen LogP contribution < -0.4 is 0 Å². The number of benzene rings is 2. The summed E-state index contributed by atoms with van der Waals surface area (Å²) in [5, 5.41) is 5.20. The second kappa shape index (κ2) is 8.14. The van der Waals surface area contributed by atoms with E-state index in [0.717, 1.165) is 24.4 Å². The van der Waals surface area contributed by atoms with Gasteiger partial charge in [-0.3, -0.25) is 4.79 Å². The summed E-state index contributed by atoms with van der Waals surface area (Å²) in [6.45, 7) is 0.241. The van der Waals surface area contributed by atoms with Gasteiger partial charge in [0.25, 0.3) is 0 Å². The van der Waals surface area contributed by atoms with Gasteiger partial charge in [0.05, 0.1) is 11.4 Å². The van der Waals surface area contributed by atoms with Gasteiger partial charge in [0.1, 0.15) is 11.6 Å². The molecule has 0 N–H and O–H groups in total. The fourth-order valence-electron chi connectivity index (χ4n) is 2.94. The zero-order chi connectivity index (χ0) is 19.5. The van der Waals surface area contributed by atoms with Crippen molar-refractivity contribution in [1.29, 1.82) is 0 Å². The highest BCUT2D eigenvalue weighted by molar-refractivity contribution is 7.99. The van der Waals surface area contributed by atoms with Gasteiger partial charge in [-0.15, -0.1) is 5.10 Å². The molecule has 3 aromatic rings. The highest BCUT2D eigenvalue weighted by Gasteiger charge is 2.30. The van der Waals surface area contributed by atoms with E-state index in [1.165, 1.54) is 22.7 Å². The number of carbonyl (C=O) groups is 1. The average molecular weight is 396 g/mol. The summed E-state index contributed by atoms with van der Waals surface area (Å²) in [4.78, 5) is 18.7. The van der Waals surface area contributed by atoms with Crippen molar-refractivity contribution in [3.05, 3.63) is 71.8 Å². The number of nitrogens with zero attached hydrogens (tertiary/aromatic N) is 4. The Balaban J connectivity index is 1.42. The van der Waals surface area contributed by atoms with Crippen molar-refractivity contribution in [3.63, 3.8) is 0 Å². The molecule has 0 radical (unpaired) electrons. The fourth-order valence-corrected chi connectivity index (χ4v) is 3.71. The third-order valence-corrected chi connectivity index (χ3v) is 5.49. The Kier molecular flexibility index (Phi) is 5.43. The van der Waals surface area contributed by atoms with Crippen LogP contribution in [0, 0.1) is 5.82 Å². The number of aromatic nitrogens is 3. The number of halogens is 1. The van der Waals surface area contributed by atoms with E-state index >= 15 is 0 Å². The van der Waals surface area contributed by atoms with Crippen molar-refractivity contribution in [2.75, 3.05) is 12.8 Å². The quantitative estimate of drug-likeness (QED) is 0.566. The minimum atomic E-state index is -0.299. The lowest BCUT2D eigenvalue weighted by Crippen LogP contribution is -2.28. The van der Waals surface area contributed by atoms with Gasteiger partial charge in [-0.1, -0.05) is 48.2 Å². The maximum atomic E-state index is 13.8. The van der Waals surface area contributed by atoms with Gasteiger partial charge in [-0.2, -0.15) is 0 Å². The predicted molar refractivity (Wildman–Crippen MR) is 107 cm³/mol. The van der Waals surface area contributed by atoms with Crippen LogP contribution >= 0.6 is 11.8 Å². The fraction of sp³-hybridized carbons (Fsp3) is 0.286. The standard InChI is InChI=1S/C21H21FN4OS/c1-25(13-16-7-5-6-10-18(16)22)19(27)14-28-21-23-20(15-11-12-15)26(24-21)17-8-3-2-4-9-17/h2-10,15H,11-14H2,1H3. The van der Waals surface area contributed by atoms with Crippen LogP contribution in [0.2, 0.25) is 0 Å². The van der Waals surface area contributed by atoms with Crippen LogP contribution in [0.3, 0.4) is 0 Å². The average Bonchev–Trinajstić information content (AvgIpc) is 3.47. The zero-order valence-corrected chi connectivity index (χ0v) is 16.4. The Bertz CT molecular complexity index is 972. The molecule has 5 nitrogen and oxygen atoms in total. The van der Waals surface area contributed by atoms with Crippen LogP contribution in [0.4, 0.5) is 4.39 Å². The van der Waals surface area contributed by atoms with Crippen molar-refractivity contribution < 1.29 is 9.18 Å². The van der Waals surface area contributed by atoms with Gasteiger partial charge < -0.3 is 4.90 Å². The van der Waals surface area contributed by atoms with Gasteiger partial charge >= 0.3 is 0 Å². The molecule has 1 saturated carbocycles. The number of hydrogen-bond donors (Lipinski definition) is 0. The van der Waals surface area contributed by atoms with E-state index in [0.29, 0.717) is 16.6 Å². The van der Waals surface area contributed by atoms with Crippen LogP contribution in [-0.2, 0) is 11.3 Å². The maximum Gasteiger partial charge on any atom is 0.233 e. The molecular weight excluding hydrogens is 375 g/mol. The van der Waals surface area contributed by atoms with E-state index in [4.69, 9.17) is 0 Å². The zero-order valence-electron chi connectivity index (χ0n) is 15.6. The lowest BCUT2D eigenvalue weighted by molar-refractivity contribution is -0.127. The molecule has 7 heteroatoms. The van der Waals surface area contributed by atoms with Crippen LogP contribution in [0.5, 0.6) is 0 Å². The monoisotopic (exact) mass is 396 g/mol. The first-order chi connectivity index (χ1) is 13.6.